The van der Waals surface area contributed by atoms with Crippen molar-refractivity contribution in [2.45, 2.75) is 6.42 Å². The van der Waals surface area contributed by atoms with Crippen LogP contribution in [0, 0.1) is 11.3 Å². The molecule has 0 bridgehead atoms. The summed E-state index contributed by atoms with van der Waals surface area (Å²) in [4.78, 5) is 11.1. The highest BCUT2D eigenvalue weighted by molar-refractivity contribution is 9.11. The molecule has 4 nitrogen and oxygen atoms in total. The monoisotopic (exact) mass is 332 g/mol. The van der Waals surface area contributed by atoms with Crippen molar-refractivity contribution in [3.05, 3.63) is 21.1 Å². The van der Waals surface area contributed by atoms with E-state index < -0.39 is 0 Å². The minimum atomic E-state index is -0.387. The molecule has 0 radical (unpaired) electrons. The van der Waals surface area contributed by atoms with Crippen LogP contribution in [0.25, 0.3) is 0 Å². The predicted octanol–water partition coefficient (Wildman–Crippen LogP) is 2.77. The molecule has 15 heavy (non-hydrogen) atoms. The number of nitrogens with one attached hydrogen (secondary N) is 1. The molecular weight excluding hydrogens is 328 g/mol. The molecule has 0 aliphatic rings. The predicted molar refractivity (Wildman–Crippen MR) is 62.4 cm³/mol. The van der Waals surface area contributed by atoms with Gasteiger partial charge in [-0.2, -0.15) is 5.26 Å². The zero-order valence-corrected chi connectivity index (χ0v) is 10.6. The van der Waals surface area contributed by atoms with Gasteiger partial charge in [0.1, 0.15) is 12.2 Å². The average Bonchev–Trinajstić information content (AvgIpc) is 2.14. The summed E-state index contributed by atoms with van der Waals surface area (Å²) in [5.41, 5.74) is 0.506. The van der Waals surface area contributed by atoms with Crippen molar-refractivity contribution in [2.24, 2.45) is 0 Å². The molecule has 1 aromatic carbocycles. The molecular formula is C9H6Br2N2O2. The Bertz CT molecular complexity index is 417. The lowest BCUT2D eigenvalue weighted by Crippen LogP contribution is -2.09. The maximum Gasteiger partial charge on any atom is 0.238 e. The number of hydrogen-bond donors (Lipinski definition) is 2. The van der Waals surface area contributed by atoms with Crippen LogP contribution in [0.1, 0.15) is 6.42 Å². The van der Waals surface area contributed by atoms with E-state index >= 15 is 0 Å². The van der Waals surface area contributed by atoms with Gasteiger partial charge >= 0.3 is 0 Å². The number of carbonyl (C=O) groups excluding carboxylic acids is 1. The number of carbonyl (C=O) groups is 1. The molecule has 0 fully saturated rings. The fourth-order valence-electron chi connectivity index (χ4n) is 0.915. The Morgan fingerprint density at radius 2 is 2.00 bits per heavy atom. The van der Waals surface area contributed by atoms with Gasteiger partial charge in [0.05, 0.1) is 15.0 Å². The van der Waals surface area contributed by atoms with Crippen molar-refractivity contribution >= 4 is 43.5 Å². The highest BCUT2D eigenvalue weighted by Crippen LogP contribution is 2.35. The van der Waals surface area contributed by atoms with Gasteiger partial charge < -0.3 is 10.4 Å². The first-order valence-corrected chi connectivity index (χ1v) is 5.48. The van der Waals surface area contributed by atoms with E-state index in [1.807, 2.05) is 0 Å². The van der Waals surface area contributed by atoms with E-state index in [2.05, 4.69) is 37.2 Å². The van der Waals surface area contributed by atoms with Crippen LogP contribution >= 0.6 is 31.9 Å². The van der Waals surface area contributed by atoms with Gasteiger partial charge in [0.25, 0.3) is 0 Å². The Morgan fingerprint density at radius 3 is 2.47 bits per heavy atom. The summed E-state index contributed by atoms with van der Waals surface area (Å²) < 4.78 is 0.924. The van der Waals surface area contributed by atoms with Gasteiger partial charge in [-0.3, -0.25) is 4.79 Å². The van der Waals surface area contributed by atoms with Crippen molar-refractivity contribution in [1.29, 1.82) is 5.26 Å². The van der Waals surface area contributed by atoms with Crippen molar-refractivity contribution in [1.82, 2.24) is 0 Å². The van der Waals surface area contributed by atoms with Crippen molar-refractivity contribution in [2.75, 3.05) is 5.32 Å². The molecule has 1 rings (SSSR count). The molecule has 0 aliphatic heterocycles. The number of nitriles is 1. The maximum atomic E-state index is 11.1. The van der Waals surface area contributed by atoms with Crippen molar-refractivity contribution in [3.8, 4) is 11.8 Å². The minimum Gasteiger partial charge on any atom is -0.506 e. The van der Waals surface area contributed by atoms with Gasteiger partial charge in [-0.05, 0) is 44.0 Å². The van der Waals surface area contributed by atoms with Crippen molar-refractivity contribution in [3.63, 3.8) is 0 Å². The fraction of sp³-hybridized carbons (Fsp3) is 0.111. The van der Waals surface area contributed by atoms with E-state index in [0.717, 1.165) is 0 Å². The second-order valence-electron chi connectivity index (χ2n) is 2.67. The normalized spacial score (nSPS) is 9.40. The Kier molecular flexibility index (Phi) is 4.12. The van der Waals surface area contributed by atoms with Crippen LogP contribution in [0.4, 0.5) is 5.69 Å². The third-order valence-corrected chi connectivity index (χ3v) is 2.75. The highest BCUT2D eigenvalue weighted by atomic mass is 79.9. The Labute approximate surface area is 103 Å². The number of benzene rings is 1. The first kappa shape index (κ1) is 12.0. The number of amides is 1. The number of phenolic OH excluding ortho intramolecular Hbond substituents is 1. The number of aromatic hydroxyl groups is 1. The molecule has 0 aromatic heterocycles. The lowest BCUT2D eigenvalue weighted by molar-refractivity contribution is -0.115. The van der Waals surface area contributed by atoms with Crippen LogP contribution in [0.5, 0.6) is 5.75 Å². The van der Waals surface area contributed by atoms with E-state index in [-0.39, 0.29) is 18.1 Å². The summed E-state index contributed by atoms with van der Waals surface area (Å²) >= 11 is 6.26. The van der Waals surface area contributed by atoms with Crippen LogP contribution < -0.4 is 5.32 Å². The van der Waals surface area contributed by atoms with E-state index in [9.17, 15) is 9.90 Å². The molecule has 0 spiro atoms. The average molecular weight is 334 g/mol. The summed E-state index contributed by atoms with van der Waals surface area (Å²) in [6.07, 6.45) is -0.198. The van der Waals surface area contributed by atoms with Gasteiger partial charge in [0, 0.05) is 5.69 Å². The topological polar surface area (TPSA) is 73.1 Å². The Morgan fingerprint density at radius 1 is 1.47 bits per heavy atom. The van der Waals surface area contributed by atoms with E-state index in [0.29, 0.717) is 14.6 Å². The number of rotatable bonds is 2. The molecule has 2 N–H and O–H groups in total. The number of hydrogen-bond acceptors (Lipinski definition) is 3. The smallest absolute Gasteiger partial charge is 0.238 e. The zero-order chi connectivity index (χ0) is 11.4. The van der Waals surface area contributed by atoms with Gasteiger partial charge in [-0.1, -0.05) is 0 Å². The largest absolute Gasteiger partial charge is 0.506 e. The second-order valence-corrected chi connectivity index (χ2v) is 4.38. The molecule has 0 saturated heterocycles. The third kappa shape index (κ3) is 3.22. The van der Waals surface area contributed by atoms with Crippen LogP contribution in [0.15, 0.2) is 21.1 Å². The molecule has 78 valence electrons. The number of anilines is 1. The highest BCUT2D eigenvalue weighted by Gasteiger charge is 2.07. The number of nitrogens with zero attached hydrogens (tertiary/aromatic N) is 1. The van der Waals surface area contributed by atoms with Crippen LogP contribution in [0.3, 0.4) is 0 Å². The van der Waals surface area contributed by atoms with Crippen LogP contribution in [0.2, 0.25) is 0 Å². The Hall–Kier alpha value is -1.06. The van der Waals surface area contributed by atoms with Gasteiger partial charge in [-0.15, -0.1) is 0 Å². The summed E-state index contributed by atoms with van der Waals surface area (Å²) in [6.45, 7) is 0. The summed E-state index contributed by atoms with van der Waals surface area (Å²) in [6, 6.07) is 4.85. The molecule has 0 saturated carbocycles. The van der Waals surface area contributed by atoms with Crippen LogP contribution in [-0.2, 0) is 4.79 Å². The number of phenols is 1. The summed E-state index contributed by atoms with van der Waals surface area (Å²) in [7, 11) is 0. The molecule has 1 aromatic rings. The Balaban J connectivity index is 2.89. The van der Waals surface area contributed by atoms with E-state index in [1.54, 1.807) is 18.2 Å². The summed E-state index contributed by atoms with van der Waals surface area (Å²) in [5, 5.41) is 20.2. The van der Waals surface area contributed by atoms with E-state index in [4.69, 9.17) is 5.26 Å². The molecule has 6 heteroatoms. The number of halogens is 2. The summed E-state index contributed by atoms with van der Waals surface area (Å²) in [5.74, 6) is -0.324. The minimum absolute atomic E-state index is 0.0632. The molecule has 0 atom stereocenters. The lowest BCUT2D eigenvalue weighted by atomic mass is 10.3. The van der Waals surface area contributed by atoms with E-state index in [1.165, 1.54) is 0 Å². The first-order valence-electron chi connectivity index (χ1n) is 3.89. The zero-order valence-electron chi connectivity index (χ0n) is 7.42. The molecule has 0 aliphatic carbocycles. The molecule has 0 heterocycles. The third-order valence-electron chi connectivity index (χ3n) is 1.54. The van der Waals surface area contributed by atoms with Gasteiger partial charge in [0.2, 0.25) is 5.91 Å². The van der Waals surface area contributed by atoms with Crippen LogP contribution in [-0.4, -0.2) is 11.0 Å². The molecule has 1 amide bonds. The standard InChI is InChI=1S/C9H6Br2N2O2/c10-6-3-5(4-7(11)9(6)15)13-8(14)1-2-12/h3-4,15H,1H2,(H,13,14). The quantitative estimate of drug-likeness (QED) is 0.817. The SMILES string of the molecule is N#CCC(=O)Nc1cc(Br)c(O)c(Br)c1. The molecule has 0 unspecified atom stereocenters. The lowest BCUT2D eigenvalue weighted by Gasteiger charge is -2.06. The van der Waals surface area contributed by atoms with Crippen molar-refractivity contribution < 1.29 is 9.90 Å². The first-order chi connectivity index (χ1) is 7.04. The fourth-order valence-corrected chi connectivity index (χ4v) is 2.10. The maximum absolute atomic E-state index is 11.1. The second kappa shape index (κ2) is 5.14. The van der Waals surface area contributed by atoms with Gasteiger partial charge in [-0.25, -0.2) is 0 Å². The van der Waals surface area contributed by atoms with Gasteiger partial charge in [0.15, 0.2) is 0 Å².